The summed E-state index contributed by atoms with van der Waals surface area (Å²) in [6, 6.07) is 0. The van der Waals surface area contributed by atoms with Gasteiger partial charge >= 0.3 is 145 Å². The van der Waals surface area contributed by atoms with E-state index in [2.05, 4.69) is 46.5 Å². The molecule has 0 amide bonds. The van der Waals surface area contributed by atoms with Gasteiger partial charge in [0.05, 0.1) is 0 Å². The quantitative estimate of drug-likeness (QED) is 0.519. The van der Waals surface area contributed by atoms with E-state index >= 15 is 0 Å². The van der Waals surface area contributed by atoms with Gasteiger partial charge in [0.25, 0.3) is 0 Å². The summed E-state index contributed by atoms with van der Waals surface area (Å²) in [5.74, 6) is -0.258. The van der Waals surface area contributed by atoms with Crippen LogP contribution < -0.4 is 5.73 Å². The molecule has 0 aliphatic carbocycles. The van der Waals surface area contributed by atoms with E-state index in [4.69, 9.17) is 15.2 Å². The van der Waals surface area contributed by atoms with E-state index in [1.165, 1.54) is 6.92 Å². The van der Waals surface area contributed by atoms with Gasteiger partial charge in [-0.3, -0.25) is 0 Å². The van der Waals surface area contributed by atoms with Crippen molar-refractivity contribution < 1.29 is 60.8 Å². The summed E-state index contributed by atoms with van der Waals surface area (Å²) >= 11 is 2.20. The van der Waals surface area contributed by atoms with Crippen molar-refractivity contribution in [3.63, 3.8) is 0 Å². The standard InChI is InChI=1S/C13H27NO3Xe/c1-10(15)17-13(4,5)9-12(2,3)16-8-6-7-11(14)18/h11,18H,6-9,14H2,1-5H3. The van der Waals surface area contributed by atoms with Gasteiger partial charge in [0, 0.05) is 0 Å². The maximum atomic E-state index is 11.0. The first-order valence-corrected chi connectivity index (χ1v) is 7.52. The van der Waals surface area contributed by atoms with Crippen LogP contribution in [0.3, 0.4) is 0 Å². The summed E-state index contributed by atoms with van der Waals surface area (Å²) in [5.41, 5.74) is 4.86. The zero-order valence-electron chi connectivity index (χ0n) is 12.1. The Balaban J connectivity index is 4.09. The molecule has 18 heavy (non-hydrogen) atoms. The number of carbonyl (C=O) groups excluding carboxylic acids is 1. The van der Waals surface area contributed by atoms with Crippen LogP contribution in [0, 0.1) is 46.5 Å². The van der Waals surface area contributed by atoms with Crippen LogP contribution in [0.15, 0.2) is 0 Å². The summed E-state index contributed by atoms with van der Waals surface area (Å²) in [6.07, 6.45) is 2.56. The second-order valence-electron chi connectivity index (χ2n) is 5.80. The molecule has 2 N–H and O–H groups in total. The Morgan fingerprint density at radius 2 is 1.83 bits per heavy atom. The van der Waals surface area contributed by atoms with Gasteiger partial charge in [0.1, 0.15) is 0 Å². The zero-order chi connectivity index (χ0) is 14.4. The third-order valence-electron chi connectivity index (χ3n) is 2.39. The number of esters is 1. The number of hydrogen-bond acceptors (Lipinski definition) is 4. The molecular weight excluding hydrogens is 349 g/mol. The molecule has 0 aromatic heterocycles. The molecule has 1 atom stereocenters. The predicted molar refractivity (Wildman–Crippen MR) is 69.1 cm³/mol. The Kier molecular flexibility index (Phi) is 8.74. The summed E-state index contributed by atoms with van der Waals surface area (Å²) < 4.78 is 11.3. The molecule has 1 unspecified atom stereocenters. The van der Waals surface area contributed by atoms with Gasteiger partial charge in [0.2, 0.25) is 0 Å². The molecule has 0 aromatic rings. The molecule has 0 aliphatic rings. The summed E-state index contributed by atoms with van der Waals surface area (Å²) in [6.45, 7) is 9.95. The van der Waals surface area contributed by atoms with Crippen LogP contribution >= 0.6 is 0 Å². The van der Waals surface area contributed by atoms with Gasteiger partial charge in [-0.25, -0.2) is 0 Å². The van der Waals surface area contributed by atoms with Crippen molar-refractivity contribution in [1.82, 2.24) is 0 Å². The first kappa shape index (κ1) is 19.0. The molecule has 0 spiro atoms. The fraction of sp³-hybridized carbons (Fsp3) is 0.923. The number of nitrogens with two attached hydrogens (primary N) is 1. The molecule has 0 bridgehead atoms. The molecule has 0 rings (SSSR count). The van der Waals surface area contributed by atoms with Crippen molar-refractivity contribution in [1.29, 1.82) is 0 Å². The van der Waals surface area contributed by atoms with Crippen molar-refractivity contribution in [3.05, 3.63) is 0 Å². The Morgan fingerprint density at radius 1 is 1.28 bits per heavy atom. The molecule has 0 saturated carbocycles. The molecule has 110 valence electrons. The topological polar surface area (TPSA) is 61.5 Å². The SMILES string of the molecule is CC(=O)OC(C)(C)CC(C)(C)OCCCC(N)[XeH]. The van der Waals surface area contributed by atoms with Gasteiger partial charge < -0.3 is 0 Å². The Hall–Kier alpha value is 0.961. The van der Waals surface area contributed by atoms with Gasteiger partial charge in [0.15, 0.2) is 0 Å². The first-order chi connectivity index (χ1) is 8.04. The van der Waals surface area contributed by atoms with Gasteiger partial charge in [-0.2, -0.15) is 0 Å². The van der Waals surface area contributed by atoms with Crippen LogP contribution in [0.5, 0.6) is 0 Å². The van der Waals surface area contributed by atoms with Crippen LogP contribution in [0.25, 0.3) is 0 Å². The predicted octanol–water partition coefficient (Wildman–Crippen LogP) is 1.86. The van der Waals surface area contributed by atoms with Gasteiger partial charge in [-0.1, -0.05) is 0 Å². The third-order valence-corrected chi connectivity index (χ3v) is 3.01. The molecule has 4 nitrogen and oxygen atoms in total. The maximum absolute atomic E-state index is 11.0. The van der Waals surface area contributed by atoms with Crippen LogP contribution in [-0.2, 0) is 14.3 Å². The fourth-order valence-electron chi connectivity index (χ4n) is 2.13. The monoisotopic (exact) mass is 377 g/mol. The van der Waals surface area contributed by atoms with Crippen molar-refractivity contribution in [2.45, 2.75) is 65.6 Å². The van der Waals surface area contributed by atoms with Crippen molar-refractivity contribution in [2.75, 3.05) is 6.61 Å². The van der Waals surface area contributed by atoms with Crippen molar-refractivity contribution in [2.24, 2.45) is 5.73 Å². The number of hydrogen-bond donors (Lipinski definition) is 1. The Labute approximate surface area is 143 Å². The molecule has 5 heteroatoms. The van der Waals surface area contributed by atoms with Gasteiger partial charge in [-0.05, 0) is 0 Å². The average Bonchev–Trinajstić information content (AvgIpc) is 2.07. The molecule has 0 heterocycles. The number of carbonyl (C=O) groups is 1. The van der Waals surface area contributed by atoms with E-state index < -0.39 is 5.60 Å². The van der Waals surface area contributed by atoms with E-state index in [0.717, 1.165) is 12.8 Å². The minimum absolute atomic E-state index is 0.187. The summed E-state index contributed by atoms with van der Waals surface area (Å²) in [7, 11) is 0. The van der Waals surface area contributed by atoms with Crippen LogP contribution in [0.4, 0.5) is 0 Å². The van der Waals surface area contributed by atoms with Crippen molar-refractivity contribution in [3.8, 4) is 0 Å². The van der Waals surface area contributed by atoms with E-state index in [-0.39, 0.29) is 12.1 Å². The number of ether oxygens (including phenoxy) is 2. The normalized spacial score (nSPS) is 14.4. The van der Waals surface area contributed by atoms with E-state index in [0.29, 0.717) is 13.0 Å². The van der Waals surface area contributed by atoms with Crippen LogP contribution in [0.1, 0.15) is 53.9 Å². The Morgan fingerprint density at radius 3 is 2.28 bits per heavy atom. The third kappa shape index (κ3) is 10.8. The minimum atomic E-state index is -0.505. The van der Waals surface area contributed by atoms with E-state index in [9.17, 15) is 4.79 Å². The first-order valence-electron chi connectivity index (χ1n) is 6.27. The van der Waals surface area contributed by atoms with Gasteiger partial charge in [-0.15, -0.1) is 0 Å². The molecule has 0 saturated heterocycles. The summed E-state index contributed by atoms with van der Waals surface area (Å²) in [4.78, 5) is 11.0. The van der Waals surface area contributed by atoms with Crippen LogP contribution in [0.2, 0.25) is 0 Å². The second-order valence-corrected chi connectivity index (χ2v) is 7.40. The molecule has 0 fully saturated rings. The van der Waals surface area contributed by atoms with Crippen LogP contribution in [-0.4, -0.2) is 24.3 Å². The average molecular weight is 377 g/mol. The van der Waals surface area contributed by atoms with Crippen molar-refractivity contribution >= 4 is 5.97 Å². The van der Waals surface area contributed by atoms with E-state index in [1.807, 2.05) is 27.7 Å². The Bertz CT molecular complexity index is 265. The molecular formula is C13H27NO3Xe. The second kappa shape index (κ2) is 8.29. The fourth-order valence-corrected chi connectivity index (χ4v) is 2.57. The molecule has 0 radical (unpaired) electrons. The summed E-state index contributed by atoms with van der Waals surface area (Å²) in [5, 5.41) is 0. The molecule has 0 aromatic carbocycles. The number of rotatable bonds is 8. The molecule has 0 aliphatic heterocycles. The van der Waals surface area contributed by atoms with E-state index in [1.54, 1.807) is 0 Å². The zero-order valence-corrected chi connectivity index (χ0v) is 14.2.